The van der Waals surface area contributed by atoms with E-state index in [-0.39, 0.29) is 12.0 Å². The number of rotatable bonds is 4. The average Bonchev–Trinajstić information content (AvgIpc) is 3.02. The molecule has 8 nitrogen and oxygen atoms in total. The Morgan fingerprint density at radius 3 is 3.00 bits per heavy atom. The van der Waals surface area contributed by atoms with Crippen LogP contribution in [0.25, 0.3) is 0 Å². The zero-order chi connectivity index (χ0) is 16.2. The number of nitrogens with zero attached hydrogens (tertiary/aromatic N) is 4. The van der Waals surface area contributed by atoms with Gasteiger partial charge in [0, 0.05) is 26.2 Å². The van der Waals surface area contributed by atoms with E-state index >= 15 is 0 Å². The summed E-state index contributed by atoms with van der Waals surface area (Å²) in [6.07, 6.45) is 1.34. The lowest BCUT2D eigenvalue weighted by Gasteiger charge is -2.32. The summed E-state index contributed by atoms with van der Waals surface area (Å²) in [5.41, 5.74) is 0.550. The Labute approximate surface area is 133 Å². The molecule has 0 spiro atoms. The Morgan fingerprint density at radius 1 is 1.48 bits per heavy atom. The number of aryl methyl sites for hydroxylation is 1. The van der Waals surface area contributed by atoms with Crippen molar-refractivity contribution < 1.29 is 14.1 Å². The number of aromatic nitrogens is 3. The molecule has 2 aromatic rings. The van der Waals surface area contributed by atoms with E-state index in [0.717, 1.165) is 12.4 Å². The van der Waals surface area contributed by atoms with Gasteiger partial charge in [0.15, 0.2) is 0 Å². The van der Waals surface area contributed by atoms with Crippen LogP contribution in [-0.4, -0.2) is 47.3 Å². The molecule has 0 aromatic carbocycles. The fourth-order valence-corrected chi connectivity index (χ4v) is 2.43. The maximum absolute atomic E-state index is 11.8. The molecule has 0 radical (unpaired) electrons. The molecule has 8 heteroatoms. The third kappa shape index (κ3) is 3.48. The molecule has 1 aliphatic rings. The van der Waals surface area contributed by atoms with Gasteiger partial charge in [-0.15, -0.1) is 0 Å². The Hall–Kier alpha value is -2.48. The molecule has 0 saturated carbocycles. The number of anilines is 1. The normalized spacial score (nSPS) is 18.0. The van der Waals surface area contributed by atoms with Crippen molar-refractivity contribution >= 4 is 11.7 Å². The molecule has 1 N–H and O–H groups in total. The summed E-state index contributed by atoms with van der Waals surface area (Å²) < 4.78 is 10.7. The predicted molar refractivity (Wildman–Crippen MR) is 82.2 cm³/mol. The highest BCUT2D eigenvalue weighted by atomic mass is 16.5. The van der Waals surface area contributed by atoms with Gasteiger partial charge < -0.3 is 19.5 Å². The molecule has 1 aliphatic heterocycles. The number of nitrogens with one attached hydrogen (secondary N) is 1. The van der Waals surface area contributed by atoms with Crippen LogP contribution in [-0.2, 0) is 4.74 Å². The van der Waals surface area contributed by atoms with E-state index < -0.39 is 0 Å². The highest BCUT2D eigenvalue weighted by Gasteiger charge is 2.26. The molecule has 1 fully saturated rings. The number of pyridine rings is 1. The quantitative estimate of drug-likeness (QED) is 0.902. The van der Waals surface area contributed by atoms with Gasteiger partial charge in [0.1, 0.15) is 11.9 Å². The third-order valence-corrected chi connectivity index (χ3v) is 3.57. The minimum Gasteiger partial charge on any atom is -0.366 e. The van der Waals surface area contributed by atoms with Gasteiger partial charge in [-0.25, -0.2) is 4.98 Å². The molecule has 3 heterocycles. The van der Waals surface area contributed by atoms with Crippen LogP contribution in [0.2, 0.25) is 0 Å². The van der Waals surface area contributed by atoms with Crippen molar-refractivity contribution in [2.24, 2.45) is 0 Å². The highest BCUT2D eigenvalue weighted by molar-refractivity contribution is 5.93. The van der Waals surface area contributed by atoms with Gasteiger partial charge in [0.25, 0.3) is 5.91 Å². The van der Waals surface area contributed by atoms with E-state index in [0.29, 0.717) is 37.0 Å². The van der Waals surface area contributed by atoms with Gasteiger partial charge in [0.2, 0.25) is 11.7 Å². The molecule has 0 bridgehead atoms. The molecule has 1 amide bonds. The Kier molecular flexibility index (Phi) is 4.52. The lowest BCUT2D eigenvalue weighted by atomic mass is 10.2. The molecule has 1 unspecified atom stereocenters. The number of morpholine rings is 1. The van der Waals surface area contributed by atoms with Crippen LogP contribution >= 0.6 is 0 Å². The number of ether oxygens (including phenoxy) is 1. The van der Waals surface area contributed by atoms with Crippen LogP contribution in [0.3, 0.4) is 0 Å². The molecule has 1 saturated heterocycles. The maximum Gasteiger partial charge on any atom is 0.252 e. The van der Waals surface area contributed by atoms with Crippen molar-refractivity contribution in [2.45, 2.75) is 20.0 Å². The van der Waals surface area contributed by atoms with Gasteiger partial charge in [-0.05, 0) is 19.1 Å². The first-order valence-corrected chi connectivity index (χ1v) is 7.58. The fraction of sp³-hybridized carbons (Fsp3) is 0.467. The summed E-state index contributed by atoms with van der Waals surface area (Å²) in [6.45, 7) is 6.09. The monoisotopic (exact) mass is 317 g/mol. The van der Waals surface area contributed by atoms with Crippen molar-refractivity contribution in [1.29, 1.82) is 0 Å². The minimum atomic E-state index is -0.244. The van der Waals surface area contributed by atoms with Crippen LogP contribution in [0.1, 0.15) is 35.1 Å². The summed E-state index contributed by atoms with van der Waals surface area (Å²) >= 11 is 0. The second-order valence-corrected chi connectivity index (χ2v) is 5.24. The van der Waals surface area contributed by atoms with Crippen molar-refractivity contribution in [3.63, 3.8) is 0 Å². The third-order valence-electron chi connectivity index (χ3n) is 3.57. The Balaban J connectivity index is 1.70. The summed E-state index contributed by atoms with van der Waals surface area (Å²) in [5, 5.41) is 6.67. The van der Waals surface area contributed by atoms with Crippen molar-refractivity contribution in [3.8, 4) is 0 Å². The molecule has 23 heavy (non-hydrogen) atoms. The molecule has 2 aromatic heterocycles. The first kappa shape index (κ1) is 15.4. The molecule has 3 rings (SSSR count). The number of carbonyl (C=O) groups is 1. The SMILES string of the molecule is CCNC(=O)c1ccc(N2CCOC(c3noc(C)n3)C2)nc1. The van der Waals surface area contributed by atoms with E-state index in [1.54, 1.807) is 19.2 Å². The smallest absolute Gasteiger partial charge is 0.252 e. The summed E-state index contributed by atoms with van der Waals surface area (Å²) in [7, 11) is 0. The van der Waals surface area contributed by atoms with Crippen LogP contribution in [0.4, 0.5) is 5.82 Å². The number of amides is 1. The van der Waals surface area contributed by atoms with Gasteiger partial charge in [-0.1, -0.05) is 5.16 Å². The average molecular weight is 317 g/mol. The first-order valence-electron chi connectivity index (χ1n) is 7.58. The zero-order valence-corrected chi connectivity index (χ0v) is 13.2. The van der Waals surface area contributed by atoms with E-state index in [9.17, 15) is 4.79 Å². The van der Waals surface area contributed by atoms with E-state index in [4.69, 9.17) is 9.26 Å². The molecular weight excluding hydrogens is 298 g/mol. The van der Waals surface area contributed by atoms with Crippen molar-refractivity contribution in [1.82, 2.24) is 20.4 Å². The number of hydrogen-bond donors (Lipinski definition) is 1. The lowest BCUT2D eigenvalue weighted by Crippen LogP contribution is -2.39. The number of carbonyl (C=O) groups excluding carboxylic acids is 1. The summed E-state index contributed by atoms with van der Waals surface area (Å²) in [4.78, 5) is 22.4. The molecular formula is C15H19N5O3. The van der Waals surface area contributed by atoms with E-state index in [1.165, 1.54) is 0 Å². The zero-order valence-electron chi connectivity index (χ0n) is 13.2. The molecule has 0 aliphatic carbocycles. The predicted octanol–water partition coefficient (Wildman–Crippen LogP) is 1.10. The van der Waals surface area contributed by atoms with Crippen molar-refractivity contribution in [2.75, 3.05) is 31.1 Å². The topological polar surface area (TPSA) is 93.4 Å². The van der Waals surface area contributed by atoms with E-state index in [1.807, 2.05) is 13.0 Å². The van der Waals surface area contributed by atoms with Gasteiger partial charge >= 0.3 is 0 Å². The van der Waals surface area contributed by atoms with E-state index in [2.05, 4.69) is 25.3 Å². The summed E-state index contributed by atoms with van der Waals surface area (Å²) in [5.74, 6) is 1.75. The molecule has 1 atom stereocenters. The second-order valence-electron chi connectivity index (χ2n) is 5.24. The minimum absolute atomic E-state index is 0.117. The van der Waals surface area contributed by atoms with Gasteiger partial charge in [-0.2, -0.15) is 4.98 Å². The van der Waals surface area contributed by atoms with Crippen molar-refractivity contribution in [3.05, 3.63) is 35.6 Å². The van der Waals surface area contributed by atoms with Crippen LogP contribution in [0.15, 0.2) is 22.9 Å². The number of hydrogen-bond acceptors (Lipinski definition) is 7. The molecule has 122 valence electrons. The van der Waals surface area contributed by atoms with Gasteiger partial charge in [-0.3, -0.25) is 4.79 Å². The summed E-state index contributed by atoms with van der Waals surface area (Å²) in [6, 6.07) is 3.62. The Bertz CT molecular complexity index is 670. The standard InChI is InChI=1S/C15H19N5O3/c1-3-16-15(21)11-4-5-13(17-8-11)20-6-7-22-12(9-20)14-18-10(2)23-19-14/h4-5,8,12H,3,6-7,9H2,1-2H3,(H,16,21). The van der Waals surface area contributed by atoms with Gasteiger partial charge in [0.05, 0.1) is 18.7 Å². The maximum atomic E-state index is 11.8. The highest BCUT2D eigenvalue weighted by Crippen LogP contribution is 2.23. The Morgan fingerprint density at radius 2 is 2.35 bits per heavy atom. The van der Waals surface area contributed by atoms with Crippen LogP contribution < -0.4 is 10.2 Å². The first-order chi connectivity index (χ1) is 11.2. The fourth-order valence-electron chi connectivity index (χ4n) is 2.43. The van der Waals surface area contributed by atoms with Crippen LogP contribution in [0.5, 0.6) is 0 Å². The van der Waals surface area contributed by atoms with Crippen LogP contribution in [0, 0.1) is 6.92 Å². The largest absolute Gasteiger partial charge is 0.366 e. The second kappa shape index (κ2) is 6.74. The lowest BCUT2D eigenvalue weighted by molar-refractivity contribution is 0.0323.